The molecule has 0 saturated heterocycles. The number of hydrogen-bond acceptors (Lipinski definition) is 3. The Bertz CT molecular complexity index is 904. The van der Waals surface area contributed by atoms with Crippen LogP contribution in [-0.2, 0) is 6.42 Å². The molecule has 138 valence electrons. The summed E-state index contributed by atoms with van der Waals surface area (Å²) in [7, 11) is 1.68. The summed E-state index contributed by atoms with van der Waals surface area (Å²) in [6.07, 6.45) is 0.906. The number of nitrogens with one attached hydrogen (secondary N) is 2. The highest BCUT2D eigenvalue weighted by Gasteiger charge is 2.08. The van der Waals surface area contributed by atoms with Gasteiger partial charge in [-0.05, 0) is 66.9 Å². The molecule has 27 heavy (non-hydrogen) atoms. The van der Waals surface area contributed by atoms with E-state index in [0.717, 1.165) is 35.7 Å². The molecule has 0 aliphatic rings. The molecule has 3 aromatic rings. The number of carbonyl (C=O) groups excluding carboxylic acids is 1. The van der Waals surface area contributed by atoms with E-state index in [9.17, 15) is 4.79 Å². The monoisotopic (exact) mass is 360 g/mol. The lowest BCUT2D eigenvalue weighted by molar-refractivity contribution is 0.102. The number of carbonyl (C=O) groups is 1. The molecule has 0 heterocycles. The SMILES string of the molecule is COc1cccc(CCNc2ccc(NC(=O)c3ccccc3C)cc2)c1. The molecule has 0 saturated carbocycles. The van der Waals surface area contributed by atoms with Crippen LogP contribution in [0.15, 0.2) is 72.8 Å². The molecule has 0 bridgehead atoms. The molecule has 0 fully saturated rings. The Morgan fingerprint density at radius 1 is 0.926 bits per heavy atom. The van der Waals surface area contributed by atoms with Crippen molar-refractivity contribution in [3.63, 3.8) is 0 Å². The molecule has 3 rings (SSSR count). The van der Waals surface area contributed by atoms with E-state index in [1.165, 1.54) is 5.56 Å². The van der Waals surface area contributed by atoms with Gasteiger partial charge in [-0.1, -0.05) is 30.3 Å². The second kappa shape index (κ2) is 8.90. The summed E-state index contributed by atoms with van der Waals surface area (Å²) >= 11 is 0. The van der Waals surface area contributed by atoms with Gasteiger partial charge in [-0.3, -0.25) is 4.79 Å². The first-order valence-electron chi connectivity index (χ1n) is 8.99. The number of methoxy groups -OCH3 is 1. The third-order valence-electron chi connectivity index (χ3n) is 4.41. The molecular formula is C23H24N2O2. The number of ether oxygens (including phenoxy) is 1. The van der Waals surface area contributed by atoms with Gasteiger partial charge in [0.15, 0.2) is 0 Å². The van der Waals surface area contributed by atoms with Gasteiger partial charge >= 0.3 is 0 Å². The first kappa shape index (κ1) is 18.5. The maximum absolute atomic E-state index is 12.4. The predicted molar refractivity (Wildman–Crippen MR) is 111 cm³/mol. The van der Waals surface area contributed by atoms with Crippen LogP contribution in [0.2, 0.25) is 0 Å². The molecule has 0 aliphatic carbocycles. The number of hydrogen-bond donors (Lipinski definition) is 2. The fourth-order valence-corrected chi connectivity index (χ4v) is 2.88. The number of amides is 1. The zero-order valence-corrected chi connectivity index (χ0v) is 15.7. The lowest BCUT2D eigenvalue weighted by atomic mass is 10.1. The van der Waals surface area contributed by atoms with Gasteiger partial charge in [0, 0.05) is 23.5 Å². The number of anilines is 2. The molecule has 0 unspecified atom stereocenters. The summed E-state index contributed by atoms with van der Waals surface area (Å²) in [5.41, 5.74) is 4.68. The fourth-order valence-electron chi connectivity index (χ4n) is 2.88. The Hall–Kier alpha value is -3.27. The highest BCUT2D eigenvalue weighted by atomic mass is 16.5. The van der Waals surface area contributed by atoms with E-state index in [4.69, 9.17) is 4.74 Å². The Morgan fingerprint density at radius 2 is 1.67 bits per heavy atom. The van der Waals surface area contributed by atoms with Gasteiger partial charge < -0.3 is 15.4 Å². The van der Waals surface area contributed by atoms with Gasteiger partial charge in [0.2, 0.25) is 0 Å². The second-order valence-electron chi connectivity index (χ2n) is 6.37. The largest absolute Gasteiger partial charge is 0.497 e. The summed E-state index contributed by atoms with van der Waals surface area (Å²) in [6.45, 7) is 2.76. The van der Waals surface area contributed by atoms with Gasteiger partial charge in [-0.25, -0.2) is 0 Å². The predicted octanol–water partition coefficient (Wildman–Crippen LogP) is 4.91. The molecule has 4 nitrogen and oxygen atoms in total. The lowest BCUT2D eigenvalue weighted by Crippen LogP contribution is -2.13. The van der Waals surface area contributed by atoms with E-state index in [1.807, 2.05) is 73.7 Å². The third kappa shape index (κ3) is 5.11. The maximum Gasteiger partial charge on any atom is 0.255 e. The summed E-state index contributed by atoms with van der Waals surface area (Å²) < 4.78 is 5.25. The fraction of sp³-hybridized carbons (Fsp3) is 0.174. The van der Waals surface area contributed by atoms with Crippen LogP contribution in [0.4, 0.5) is 11.4 Å². The lowest BCUT2D eigenvalue weighted by Gasteiger charge is -2.10. The van der Waals surface area contributed by atoms with E-state index in [1.54, 1.807) is 7.11 Å². The molecule has 4 heteroatoms. The van der Waals surface area contributed by atoms with Crippen LogP contribution < -0.4 is 15.4 Å². The van der Waals surface area contributed by atoms with E-state index >= 15 is 0 Å². The average molecular weight is 360 g/mol. The topological polar surface area (TPSA) is 50.4 Å². The molecule has 0 aliphatic heterocycles. The van der Waals surface area contributed by atoms with Crippen molar-refractivity contribution < 1.29 is 9.53 Å². The summed E-state index contributed by atoms with van der Waals surface area (Å²) in [5, 5.41) is 6.34. The average Bonchev–Trinajstić information content (AvgIpc) is 2.70. The van der Waals surface area contributed by atoms with E-state index in [-0.39, 0.29) is 5.91 Å². The second-order valence-corrected chi connectivity index (χ2v) is 6.37. The summed E-state index contributed by atoms with van der Waals surface area (Å²) in [6, 6.07) is 23.4. The van der Waals surface area contributed by atoms with Crippen LogP contribution >= 0.6 is 0 Å². The summed E-state index contributed by atoms with van der Waals surface area (Å²) in [5.74, 6) is 0.785. The molecule has 0 radical (unpaired) electrons. The van der Waals surface area contributed by atoms with Crippen LogP contribution in [-0.4, -0.2) is 19.6 Å². The van der Waals surface area contributed by atoms with E-state index < -0.39 is 0 Å². The first-order valence-corrected chi connectivity index (χ1v) is 8.99. The normalized spacial score (nSPS) is 10.3. The quantitative estimate of drug-likeness (QED) is 0.629. The minimum Gasteiger partial charge on any atom is -0.497 e. The van der Waals surface area contributed by atoms with Crippen LogP contribution in [0, 0.1) is 6.92 Å². The standard InChI is InChI=1S/C23H24N2O2/c1-17-6-3-4-9-22(17)23(26)25-20-12-10-19(11-13-20)24-15-14-18-7-5-8-21(16-18)27-2/h3-13,16,24H,14-15H2,1-2H3,(H,25,26). The highest BCUT2D eigenvalue weighted by molar-refractivity contribution is 6.05. The van der Waals surface area contributed by atoms with Gasteiger partial charge in [0.25, 0.3) is 5.91 Å². The van der Waals surface area contributed by atoms with Crippen molar-refractivity contribution >= 4 is 17.3 Å². The van der Waals surface area contributed by atoms with Gasteiger partial charge in [-0.2, -0.15) is 0 Å². The highest BCUT2D eigenvalue weighted by Crippen LogP contribution is 2.17. The zero-order valence-electron chi connectivity index (χ0n) is 15.7. The van der Waals surface area contributed by atoms with Crippen LogP contribution in [0.5, 0.6) is 5.75 Å². The van der Waals surface area contributed by atoms with Crippen molar-refractivity contribution in [2.24, 2.45) is 0 Å². The molecule has 2 N–H and O–H groups in total. The van der Waals surface area contributed by atoms with Crippen LogP contribution in [0.25, 0.3) is 0 Å². The van der Waals surface area contributed by atoms with Crippen molar-refractivity contribution in [2.75, 3.05) is 24.3 Å². The van der Waals surface area contributed by atoms with Crippen molar-refractivity contribution in [1.82, 2.24) is 0 Å². The number of aryl methyl sites for hydroxylation is 1. The molecule has 3 aromatic carbocycles. The maximum atomic E-state index is 12.4. The first-order chi connectivity index (χ1) is 13.2. The van der Waals surface area contributed by atoms with Crippen molar-refractivity contribution in [1.29, 1.82) is 0 Å². The minimum absolute atomic E-state index is 0.0909. The van der Waals surface area contributed by atoms with Gasteiger partial charge in [0.1, 0.15) is 5.75 Å². The molecule has 1 amide bonds. The Labute approximate surface area is 160 Å². The zero-order chi connectivity index (χ0) is 19.1. The molecule has 0 spiro atoms. The molecule has 0 aromatic heterocycles. The third-order valence-corrected chi connectivity index (χ3v) is 4.41. The minimum atomic E-state index is -0.0909. The van der Waals surface area contributed by atoms with Crippen molar-refractivity contribution in [2.45, 2.75) is 13.3 Å². The van der Waals surface area contributed by atoms with E-state index in [2.05, 4.69) is 16.7 Å². The Kier molecular flexibility index (Phi) is 6.10. The molecular weight excluding hydrogens is 336 g/mol. The van der Waals surface area contributed by atoms with Crippen LogP contribution in [0.3, 0.4) is 0 Å². The number of rotatable bonds is 7. The van der Waals surface area contributed by atoms with E-state index in [0.29, 0.717) is 5.56 Å². The van der Waals surface area contributed by atoms with Crippen molar-refractivity contribution in [3.8, 4) is 5.75 Å². The molecule has 0 atom stereocenters. The number of benzene rings is 3. The van der Waals surface area contributed by atoms with Crippen molar-refractivity contribution in [3.05, 3.63) is 89.5 Å². The van der Waals surface area contributed by atoms with Crippen LogP contribution in [0.1, 0.15) is 21.5 Å². The smallest absolute Gasteiger partial charge is 0.255 e. The Morgan fingerprint density at radius 3 is 2.41 bits per heavy atom. The van der Waals surface area contributed by atoms with Gasteiger partial charge in [-0.15, -0.1) is 0 Å². The Balaban J connectivity index is 1.52. The van der Waals surface area contributed by atoms with Gasteiger partial charge in [0.05, 0.1) is 7.11 Å². The summed E-state index contributed by atoms with van der Waals surface area (Å²) in [4.78, 5) is 12.4.